The Bertz CT molecular complexity index is 1340. The van der Waals surface area contributed by atoms with Gasteiger partial charge in [0.25, 0.3) is 11.6 Å². The SMILES string of the molecule is COc1cc(/C=C2/SC(=S)N(c3ccc(N(C)C)cc3)C2=O)ccc1OCc1ccc([N+](=O)[O-])cc1. The van der Waals surface area contributed by atoms with Gasteiger partial charge in [-0.1, -0.05) is 30.0 Å². The Kier molecular flexibility index (Phi) is 7.56. The number of rotatable bonds is 8. The predicted molar refractivity (Wildman–Crippen MR) is 147 cm³/mol. The Balaban J connectivity index is 1.49. The summed E-state index contributed by atoms with van der Waals surface area (Å²) < 4.78 is 11.8. The molecule has 0 radical (unpaired) electrons. The zero-order chi connectivity index (χ0) is 25.8. The maximum absolute atomic E-state index is 13.1. The topological polar surface area (TPSA) is 85.2 Å². The molecule has 0 N–H and O–H groups in total. The molecule has 1 aliphatic heterocycles. The second-order valence-electron chi connectivity index (χ2n) is 8.05. The van der Waals surface area contributed by atoms with Crippen molar-refractivity contribution in [2.24, 2.45) is 0 Å². The minimum Gasteiger partial charge on any atom is -0.493 e. The van der Waals surface area contributed by atoms with Crippen molar-refractivity contribution in [1.82, 2.24) is 0 Å². The summed E-state index contributed by atoms with van der Waals surface area (Å²) in [5.74, 6) is 0.835. The van der Waals surface area contributed by atoms with Gasteiger partial charge in [-0.2, -0.15) is 0 Å². The number of non-ortho nitro benzene ring substituents is 1. The van der Waals surface area contributed by atoms with Crippen LogP contribution >= 0.6 is 24.0 Å². The number of methoxy groups -OCH3 is 1. The molecule has 1 saturated heterocycles. The molecule has 1 aliphatic rings. The fourth-order valence-corrected chi connectivity index (χ4v) is 4.81. The van der Waals surface area contributed by atoms with Gasteiger partial charge < -0.3 is 14.4 Å². The van der Waals surface area contributed by atoms with E-state index in [2.05, 4.69) is 0 Å². The van der Waals surface area contributed by atoms with E-state index in [1.165, 1.54) is 35.9 Å². The van der Waals surface area contributed by atoms with Crippen LogP contribution in [0.3, 0.4) is 0 Å². The number of anilines is 2. The summed E-state index contributed by atoms with van der Waals surface area (Å²) in [5, 5.41) is 10.8. The van der Waals surface area contributed by atoms with E-state index < -0.39 is 4.92 Å². The number of nitrogens with zero attached hydrogens (tertiary/aromatic N) is 3. The molecule has 3 aromatic rings. The van der Waals surface area contributed by atoms with E-state index >= 15 is 0 Å². The molecule has 184 valence electrons. The molecule has 0 unspecified atom stereocenters. The van der Waals surface area contributed by atoms with Gasteiger partial charge >= 0.3 is 0 Å². The third-order valence-corrected chi connectivity index (χ3v) is 6.75. The largest absolute Gasteiger partial charge is 0.493 e. The van der Waals surface area contributed by atoms with Crippen molar-refractivity contribution in [3.63, 3.8) is 0 Å². The number of nitro benzene ring substituents is 1. The van der Waals surface area contributed by atoms with Crippen LogP contribution in [0.15, 0.2) is 71.6 Å². The van der Waals surface area contributed by atoms with Crippen molar-refractivity contribution in [1.29, 1.82) is 0 Å². The Morgan fingerprint density at radius 1 is 1.06 bits per heavy atom. The summed E-state index contributed by atoms with van der Waals surface area (Å²) in [6.45, 7) is 0.221. The van der Waals surface area contributed by atoms with Crippen molar-refractivity contribution in [3.05, 3.63) is 92.9 Å². The first-order valence-corrected chi connectivity index (χ1v) is 12.1. The summed E-state index contributed by atoms with van der Waals surface area (Å²) in [6, 6.07) is 19.2. The third-order valence-electron chi connectivity index (χ3n) is 5.44. The van der Waals surface area contributed by atoms with Crippen molar-refractivity contribution in [2.75, 3.05) is 31.0 Å². The van der Waals surface area contributed by atoms with Crippen molar-refractivity contribution in [2.45, 2.75) is 6.61 Å². The van der Waals surface area contributed by atoms with Crippen molar-refractivity contribution < 1.29 is 19.2 Å². The molecule has 0 aromatic heterocycles. The van der Waals surface area contributed by atoms with E-state index in [-0.39, 0.29) is 18.2 Å². The van der Waals surface area contributed by atoms with Crippen molar-refractivity contribution >= 4 is 57.3 Å². The zero-order valence-corrected chi connectivity index (χ0v) is 21.5. The van der Waals surface area contributed by atoms with Crippen molar-refractivity contribution in [3.8, 4) is 11.5 Å². The summed E-state index contributed by atoms with van der Waals surface area (Å²) in [4.78, 5) is 27.5. The molecule has 1 heterocycles. The van der Waals surface area contributed by atoms with E-state index in [1.807, 2.05) is 49.3 Å². The Hall–Kier alpha value is -3.89. The summed E-state index contributed by atoms with van der Waals surface area (Å²) in [7, 11) is 5.45. The molecule has 3 aromatic carbocycles. The van der Waals surface area contributed by atoms with E-state index in [0.29, 0.717) is 20.7 Å². The number of hydrogen-bond acceptors (Lipinski definition) is 8. The number of carbonyl (C=O) groups excluding carboxylic acids is 1. The van der Waals surface area contributed by atoms with Crippen LogP contribution in [0.25, 0.3) is 6.08 Å². The number of amides is 1. The Labute approximate surface area is 218 Å². The average Bonchev–Trinajstić information content (AvgIpc) is 3.15. The molecule has 10 heteroatoms. The number of thioether (sulfide) groups is 1. The maximum atomic E-state index is 13.1. The lowest BCUT2D eigenvalue weighted by Gasteiger charge is -2.17. The molecule has 1 fully saturated rings. The quantitative estimate of drug-likeness (QED) is 0.163. The van der Waals surface area contributed by atoms with E-state index in [0.717, 1.165) is 22.5 Å². The molecule has 0 spiro atoms. The molecule has 0 bridgehead atoms. The van der Waals surface area contributed by atoms with Gasteiger partial charge in [-0.25, -0.2) is 0 Å². The Morgan fingerprint density at radius 3 is 2.36 bits per heavy atom. The molecule has 0 saturated carbocycles. The lowest BCUT2D eigenvalue weighted by molar-refractivity contribution is -0.384. The molecule has 4 rings (SSSR count). The van der Waals surface area contributed by atoms with Gasteiger partial charge in [-0.3, -0.25) is 19.8 Å². The van der Waals surface area contributed by atoms with Crippen LogP contribution in [-0.2, 0) is 11.4 Å². The minimum atomic E-state index is -0.443. The highest BCUT2D eigenvalue weighted by molar-refractivity contribution is 8.27. The third kappa shape index (κ3) is 5.50. The molecular weight excluding hydrogens is 498 g/mol. The highest BCUT2D eigenvalue weighted by Crippen LogP contribution is 2.37. The second-order valence-corrected chi connectivity index (χ2v) is 9.73. The number of nitro groups is 1. The highest BCUT2D eigenvalue weighted by atomic mass is 32.2. The second kappa shape index (κ2) is 10.8. The smallest absolute Gasteiger partial charge is 0.270 e. The fourth-order valence-electron chi connectivity index (χ4n) is 3.51. The molecule has 36 heavy (non-hydrogen) atoms. The molecule has 0 aliphatic carbocycles. The van der Waals surface area contributed by atoms with Gasteiger partial charge in [-0.05, 0) is 65.7 Å². The molecule has 8 nitrogen and oxygen atoms in total. The molecule has 0 atom stereocenters. The monoisotopic (exact) mass is 521 g/mol. The molecular formula is C26H23N3O5S2. The van der Waals surface area contributed by atoms with Crippen LogP contribution in [-0.4, -0.2) is 36.4 Å². The number of ether oxygens (including phenoxy) is 2. The predicted octanol–water partition coefficient (Wildman–Crippen LogP) is 5.65. The maximum Gasteiger partial charge on any atom is 0.270 e. The summed E-state index contributed by atoms with van der Waals surface area (Å²) in [6.07, 6.45) is 1.77. The average molecular weight is 522 g/mol. The van der Waals surface area contributed by atoms with E-state index in [4.69, 9.17) is 21.7 Å². The van der Waals surface area contributed by atoms with E-state index in [1.54, 1.807) is 30.3 Å². The van der Waals surface area contributed by atoms with Gasteiger partial charge in [0, 0.05) is 31.9 Å². The first kappa shape index (κ1) is 25.2. The van der Waals surface area contributed by atoms with Crippen LogP contribution in [0.4, 0.5) is 17.1 Å². The standard InChI is InChI=1S/C26H23N3O5S2/c1-27(2)19-9-11-20(12-10-19)28-25(30)24(36-26(28)35)15-18-6-13-22(23(14-18)33-3)34-16-17-4-7-21(8-5-17)29(31)32/h4-15H,16H2,1-3H3/b24-15+. The number of benzene rings is 3. The highest BCUT2D eigenvalue weighted by Gasteiger charge is 2.33. The van der Waals surface area contributed by atoms with Gasteiger partial charge in [0.1, 0.15) is 6.61 Å². The van der Waals surface area contributed by atoms with Crippen LogP contribution in [0.5, 0.6) is 11.5 Å². The number of hydrogen-bond donors (Lipinski definition) is 0. The molecule has 1 amide bonds. The van der Waals surface area contributed by atoms with Crippen LogP contribution < -0.4 is 19.3 Å². The zero-order valence-electron chi connectivity index (χ0n) is 19.8. The first-order valence-electron chi connectivity index (χ1n) is 10.9. The van der Waals surface area contributed by atoms with E-state index in [9.17, 15) is 14.9 Å². The first-order chi connectivity index (χ1) is 17.3. The lowest BCUT2D eigenvalue weighted by Crippen LogP contribution is -2.27. The fraction of sp³-hybridized carbons (Fsp3) is 0.154. The van der Waals surface area contributed by atoms with Gasteiger partial charge in [0.2, 0.25) is 0 Å². The Morgan fingerprint density at radius 2 is 1.75 bits per heavy atom. The summed E-state index contributed by atoms with van der Waals surface area (Å²) in [5.41, 5.74) is 3.32. The van der Waals surface area contributed by atoms with Crippen LogP contribution in [0.1, 0.15) is 11.1 Å². The minimum absolute atomic E-state index is 0.0247. The normalized spacial score (nSPS) is 14.3. The lowest BCUT2D eigenvalue weighted by atomic mass is 10.1. The van der Waals surface area contributed by atoms with Crippen LogP contribution in [0, 0.1) is 10.1 Å². The summed E-state index contributed by atoms with van der Waals surface area (Å²) >= 11 is 6.73. The van der Waals surface area contributed by atoms with Gasteiger partial charge in [0.15, 0.2) is 15.8 Å². The van der Waals surface area contributed by atoms with Crippen LogP contribution in [0.2, 0.25) is 0 Å². The van der Waals surface area contributed by atoms with Gasteiger partial charge in [-0.15, -0.1) is 0 Å². The number of carbonyl (C=O) groups is 1. The van der Waals surface area contributed by atoms with Gasteiger partial charge in [0.05, 0.1) is 22.6 Å². The number of thiocarbonyl (C=S) groups is 1.